The minimum atomic E-state index is -0.905. The maximum Gasteiger partial charge on any atom is 0.407 e. The number of benzene rings is 2. The topological polar surface area (TPSA) is 105 Å². The number of hydrogen-bond acceptors (Lipinski definition) is 4. The standard InChI is InChI=1S/C25H28N2O5/c1-2-15(24(29)30)12-26-23(28)21-11-16(21)13-27-25(31)32-14-22-19-9-5-3-7-17(19)18-8-4-6-10-20(18)22/h3-10,15-16,21-22H,2,11-14H2,1H3,(H,26,28)(H,27,31)(H,29,30). The highest BCUT2D eigenvalue weighted by Crippen LogP contribution is 2.44. The van der Waals surface area contributed by atoms with Crippen LogP contribution in [-0.2, 0) is 14.3 Å². The summed E-state index contributed by atoms with van der Waals surface area (Å²) >= 11 is 0. The van der Waals surface area contributed by atoms with Crippen LogP contribution in [0.1, 0.15) is 36.8 Å². The molecule has 2 aromatic rings. The van der Waals surface area contributed by atoms with Crippen LogP contribution < -0.4 is 10.6 Å². The van der Waals surface area contributed by atoms with Gasteiger partial charge in [0, 0.05) is 24.9 Å². The van der Waals surface area contributed by atoms with Gasteiger partial charge < -0.3 is 20.5 Å². The van der Waals surface area contributed by atoms with Crippen LogP contribution in [0.3, 0.4) is 0 Å². The molecule has 0 aromatic heterocycles. The molecule has 2 aliphatic carbocycles. The van der Waals surface area contributed by atoms with Crippen LogP contribution >= 0.6 is 0 Å². The van der Waals surface area contributed by atoms with Gasteiger partial charge in [-0.15, -0.1) is 0 Å². The van der Waals surface area contributed by atoms with Gasteiger partial charge in [-0.1, -0.05) is 55.5 Å². The van der Waals surface area contributed by atoms with Gasteiger partial charge in [0.15, 0.2) is 0 Å². The second-order valence-electron chi connectivity index (χ2n) is 8.50. The van der Waals surface area contributed by atoms with E-state index < -0.39 is 18.0 Å². The first-order chi connectivity index (χ1) is 15.5. The van der Waals surface area contributed by atoms with Crippen LogP contribution in [0.4, 0.5) is 4.79 Å². The zero-order chi connectivity index (χ0) is 22.7. The van der Waals surface area contributed by atoms with E-state index in [9.17, 15) is 14.4 Å². The third kappa shape index (κ3) is 4.61. The van der Waals surface area contributed by atoms with Crippen molar-refractivity contribution >= 4 is 18.0 Å². The summed E-state index contributed by atoms with van der Waals surface area (Å²) in [5.41, 5.74) is 4.67. The van der Waals surface area contributed by atoms with Gasteiger partial charge >= 0.3 is 12.1 Å². The third-order valence-electron chi connectivity index (χ3n) is 6.48. The Balaban J connectivity index is 1.22. The van der Waals surface area contributed by atoms with E-state index in [1.807, 2.05) is 24.3 Å². The molecule has 0 bridgehead atoms. The van der Waals surface area contributed by atoms with Crippen molar-refractivity contribution in [1.29, 1.82) is 0 Å². The summed E-state index contributed by atoms with van der Waals surface area (Å²) in [6, 6.07) is 16.3. The fourth-order valence-electron chi connectivity index (χ4n) is 4.42. The van der Waals surface area contributed by atoms with E-state index in [4.69, 9.17) is 9.84 Å². The first kappa shape index (κ1) is 21.9. The normalized spacial score (nSPS) is 19.4. The minimum Gasteiger partial charge on any atom is -0.481 e. The summed E-state index contributed by atoms with van der Waals surface area (Å²) in [5, 5.41) is 14.5. The molecule has 2 amide bonds. The molecule has 4 rings (SSSR count). The Bertz CT molecular complexity index is 975. The zero-order valence-electron chi connectivity index (χ0n) is 18.0. The van der Waals surface area contributed by atoms with Gasteiger partial charge in [0.2, 0.25) is 5.91 Å². The van der Waals surface area contributed by atoms with E-state index in [0.29, 0.717) is 19.4 Å². The Morgan fingerprint density at radius 1 is 1.03 bits per heavy atom. The molecule has 0 saturated heterocycles. The molecule has 1 fully saturated rings. The lowest BCUT2D eigenvalue weighted by molar-refractivity contribution is -0.141. The average molecular weight is 437 g/mol. The Morgan fingerprint density at radius 2 is 1.66 bits per heavy atom. The predicted molar refractivity (Wildman–Crippen MR) is 119 cm³/mol. The Morgan fingerprint density at radius 3 is 2.25 bits per heavy atom. The van der Waals surface area contributed by atoms with Gasteiger partial charge in [-0.3, -0.25) is 9.59 Å². The highest BCUT2D eigenvalue weighted by Gasteiger charge is 2.43. The largest absolute Gasteiger partial charge is 0.481 e. The van der Waals surface area contributed by atoms with Crippen molar-refractivity contribution in [2.45, 2.75) is 25.7 Å². The number of aliphatic carboxylic acids is 1. The van der Waals surface area contributed by atoms with Crippen molar-refractivity contribution in [3.8, 4) is 11.1 Å². The van der Waals surface area contributed by atoms with E-state index in [1.54, 1.807) is 6.92 Å². The number of rotatable bonds is 9. The van der Waals surface area contributed by atoms with Crippen molar-refractivity contribution < 1.29 is 24.2 Å². The lowest BCUT2D eigenvalue weighted by atomic mass is 9.98. The number of ether oxygens (including phenoxy) is 1. The van der Waals surface area contributed by atoms with Gasteiger partial charge in [0.1, 0.15) is 6.61 Å². The molecule has 168 valence electrons. The monoisotopic (exact) mass is 436 g/mol. The van der Waals surface area contributed by atoms with E-state index in [-0.39, 0.29) is 36.8 Å². The molecule has 32 heavy (non-hydrogen) atoms. The Hall–Kier alpha value is -3.35. The number of amides is 2. The predicted octanol–water partition coefficient (Wildman–Crippen LogP) is 3.39. The fraction of sp³-hybridized carbons (Fsp3) is 0.400. The van der Waals surface area contributed by atoms with Gasteiger partial charge in [-0.05, 0) is 41.0 Å². The van der Waals surface area contributed by atoms with Crippen molar-refractivity contribution in [2.24, 2.45) is 17.8 Å². The smallest absolute Gasteiger partial charge is 0.407 e. The summed E-state index contributed by atoms with van der Waals surface area (Å²) in [5.74, 6) is -1.75. The van der Waals surface area contributed by atoms with Gasteiger partial charge in [-0.25, -0.2) is 4.79 Å². The van der Waals surface area contributed by atoms with E-state index in [1.165, 1.54) is 11.1 Å². The van der Waals surface area contributed by atoms with Crippen LogP contribution in [0.2, 0.25) is 0 Å². The number of fused-ring (bicyclic) bond motifs is 3. The number of carboxylic acids is 1. The van der Waals surface area contributed by atoms with Crippen LogP contribution in [0.25, 0.3) is 11.1 Å². The van der Waals surface area contributed by atoms with Crippen LogP contribution in [-0.4, -0.2) is 42.8 Å². The highest BCUT2D eigenvalue weighted by atomic mass is 16.5. The number of hydrogen-bond donors (Lipinski definition) is 3. The van der Waals surface area contributed by atoms with E-state index in [0.717, 1.165) is 11.1 Å². The molecule has 3 unspecified atom stereocenters. The van der Waals surface area contributed by atoms with E-state index in [2.05, 4.69) is 34.9 Å². The zero-order valence-corrected chi connectivity index (χ0v) is 18.0. The molecule has 0 heterocycles. The molecular weight excluding hydrogens is 408 g/mol. The number of nitrogens with one attached hydrogen (secondary N) is 2. The lowest BCUT2D eigenvalue weighted by Gasteiger charge is -2.14. The summed E-state index contributed by atoms with van der Waals surface area (Å²) < 4.78 is 5.52. The summed E-state index contributed by atoms with van der Waals surface area (Å²) in [6.07, 6.45) is 0.654. The maximum atomic E-state index is 12.3. The molecule has 3 N–H and O–H groups in total. The third-order valence-corrected chi connectivity index (χ3v) is 6.48. The summed E-state index contributed by atoms with van der Waals surface area (Å²) in [7, 11) is 0. The fourth-order valence-corrected chi connectivity index (χ4v) is 4.42. The Kier molecular flexibility index (Phi) is 6.44. The van der Waals surface area contributed by atoms with Crippen LogP contribution in [0, 0.1) is 17.8 Å². The molecular formula is C25H28N2O5. The number of carbonyl (C=O) groups is 3. The van der Waals surface area contributed by atoms with Crippen molar-refractivity contribution in [2.75, 3.05) is 19.7 Å². The van der Waals surface area contributed by atoms with Gasteiger partial charge in [0.25, 0.3) is 0 Å². The molecule has 3 atom stereocenters. The van der Waals surface area contributed by atoms with Crippen molar-refractivity contribution in [1.82, 2.24) is 10.6 Å². The molecule has 2 aromatic carbocycles. The molecule has 1 saturated carbocycles. The molecule has 2 aliphatic rings. The molecule has 0 spiro atoms. The highest BCUT2D eigenvalue weighted by molar-refractivity contribution is 5.82. The molecule has 0 radical (unpaired) electrons. The average Bonchev–Trinajstić information content (AvgIpc) is 3.51. The van der Waals surface area contributed by atoms with Crippen LogP contribution in [0.5, 0.6) is 0 Å². The van der Waals surface area contributed by atoms with Gasteiger partial charge in [-0.2, -0.15) is 0 Å². The number of carbonyl (C=O) groups excluding carboxylic acids is 2. The van der Waals surface area contributed by atoms with Crippen molar-refractivity contribution in [3.63, 3.8) is 0 Å². The molecule has 0 aliphatic heterocycles. The lowest BCUT2D eigenvalue weighted by Crippen LogP contribution is -2.34. The van der Waals surface area contributed by atoms with Gasteiger partial charge in [0.05, 0.1) is 5.92 Å². The van der Waals surface area contributed by atoms with E-state index >= 15 is 0 Å². The number of carboxylic acid groups (broad SMARTS) is 1. The summed E-state index contributed by atoms with van der Waals surface area (Å²) in [6.45, 7) is 2.53. The Labute approximate surface area is 187 Å². The minimum absolute atomic E-state index is 0.00773. The number of alkyl carbamates (subject to hydrolysis) is 1. The quantitative estimate of drug-likeness (QED) is 0.559. The first-order valence-corrected chi connectivity index (χ1v) is 11.1. The van der Waals surface area contributed by atoms with Crippen molar-refractivity contribution in [3.05, 3.63) is 59.7 Å². The second-order valence-corrected chi connectivity index (χ2v) is 8.50. The van der Waals surface area contributed by atoms with Crippen LogP contribution in [0.15, 0.2) is 48.5 Å². The summed E-state index contributed by atoms with van der Waals surface area (Å²) in [4.78, 5) is 35.5. The molecule has 7 nitrogen and oxygen atoms in total. The SMILES string of the molecule is CCC(CNC(=O)C1CC1CNC(=O)OCC1c2ccccc2-c2ccccc21)C(=O)O. The maximum absolute atomic E-state index is 12.3. The molecule has 7 heteroatoms. The first-order valence-electron chi connectivity index (χ1n) is 11.1. The second kappa shape index (κ2) is 9.42.